The number of piperidine rings is 1. The van der Waals surface area contributed by atoms with E-state index in [1.54, 1.807) is 0 Å². The number of esters is 2. The summed E-state index contributed by atoms with van der Waals surface area (Å²) in [6.07, 6.45) is 3.63. The molecular formula is C26H37NO5. The number of likely N-dealkylation sites (tertiary alicyclic amines) is 1. The molecule has 6 fully saturated rings. The number of ether oxygens (including phenoxy) is 2. The summed E-state index contributed by atoms with van der Waals surface area (Å²) in [5.74, 6) is 0.487. The summed E-state index contributed by atoms with van der Waals surface area (Å²) in [7, 11) is 0. The van der Waals surface area contributed by atoms with Gasteiger partial charge in [0.25, 0.3) is 0 Å². The fraction of sp³-hybridized carbons (Fsp3) is 0.846. The molecule has 0 amide bonds. The molecule has 0 aromatic rings. The first-order chi connectivity index (χ1) is 15.1. The number of aliphatic hydroxyl groups excluding tert-OH is 1. The van der Waals surface area contributed by atoms with Gasteiger partial charge in [0.1, 0.15) is 12.2 Å². The van der Waals surface area contributed by atoms with Gasteiger partial charge in [0, 0.05) is 43.2 Å². The van der Waals surface area contributed by atoms with Crippen molar-refractivity contribution in [3.63, 3.8) is 0 Å². The number of fused-ring (bicyclic) bond motifs is 1. The van der Waals surface area contributed by atoms with Crippen LogP contribution in [-0.2, 0) is 19.1 Å². The highest BCUT2D eigenvalue weighted by Gasteiger charge is 2.85. The average molecular weight is 444 g/mol. The van der Waals surface area contributed by atoms with Crippen molar-refractivity contribution in [1.82, 2.24) is 4.90 Å². The Balaban J connectivity index is 1.56. The van der Waals surface area contributed by atoms with Crippen molar-refractivity contribution >= 4 is 11.9 Å². The van der Waals surface area contributed by atoms with Gasteiger partial charge in [-0.2, -0.15) is 0 Å². The zero-order valence-electron chi connectivity index (χ0n) is 19.8. The van der Waals surface area contributed by atoms with Crippen LogP contribution >= 0.6 is 0 Å². The van der Waals surface area contributed by atoms with Gasteiger partial charge in [-0.15, -0.1) is 0 Å². The van der Waals surface area contributed by atoms with Gasteiger partial charge in [-0.05, 0) is 67.4 Å². The van der Waals surface area contributed by atoms with Crippen LogP contribution in [0.3, 0.4) is 0 Å². The van der Waals surface area contributed by atoms with Crippen LogP contribution in [0, 0.1) is 39.9 Å². The maximum atomic E-state index is 12.3. The molecule has 6 rings (SSSR count). The van der Waals surface area contributed by atoms with Crippen molar-refractivity contribution in [3.05, 3.63) is 12.2 Å². The second kappa shape index (κ2) is 6.38. The van der Waals surface area contributed by atoms with Crippen molar-refractivity contribution < 1.29 is 24.2 Å². The predicted octanol–water partition coefficient (Wildman–Crippen LogP) is 2.93. The minimum absolute atomic E-state index is 0.0253. The number of carbonyl (C=O) groups excluding carboxylic acids is 2. The summed E-state index contributed by atoms with van der Waals surface area (Å²) in [5, 5.41) is 11.8. The molecule has 5 aliphatic carbocycles. The van der Waals surface area contributed by atoms with Crippen LogP contribution in [0.5, 0.6) is 0 Å². The summed E-state index contributed by atoms with van der Waals surface area (Å²) in [5.41, 5.74) is 0.687. The lowest BCUT2D eigenvalue weighted by Crippen LogP contribution is -2.68. The third-order valence-electron chi connectivity index (χ3n) is 11.1. The predicted molar refractivity (Wildman–Crippen MR) is 117 cm³/mol. The zero-order valence-corrected chi connectivity index (χ0v) is 19.8. The van der Waals surface area contributed by atoms with Crippen LogP contribution in [0.1, 0.15) is 59.8 Å². The number of hydrogen-bond acceptors (Lipinski definition) is 6. The van der Waals surface area contributed by atoms with Crippen LogP contribution in [0.15, 0.2) is 12.2 Å². The normalized spacial score (nSPS) is 55.0. The van der Waals surface area contributed by atoms with Crippen molar-refractivity contribution in [3.8, 4) is 0 Å². The third kappa shape index (κ3) is 2.15. The first kappa shape index (κ1) is 21.2. The highest BCUT2D eigenvalue weighted by atomic mass is 16.6. The van der Waals surface area contributed by atoms with E-state index in [0.29, 0.717) is 17.9 Å². The van der Waals surface area contributed by atoms with Gasteiger partial charge in [-0.3, -0.25) is 14.5 Å². The Kier molecular flexibility index (Phi) is 4.22. The molecule has 2 spiro atoms. The molecule has 5 saturated carbocycles. The summed E-state index contributed by atoms with van der Waals surface area (Å²) in [6.45, 7) is 14.1. The van der Waals surface area contributed by atoms with Gasteiger partial charge in [0.2, 0.25) is 0 Å². The Hall–Kier alpha value is -1.40. The summed E-state index contributed by atoms with van der Waals surface area (Å²) < 4.78 is 12.0. The first-order valence-electron chi connectivity index (χ1n) is 12.6. The second-order valence-electron chi connectivity index (χ2n) is 12.0. The summed E-state index contributed by atoms with van der Waals surface area (Å²) >= 11 is 0. The van der Waals surface area contributed by atoms with Crippen molar-refractivity contribution in [1.29, 1.82) is 0 Å². The van der Waals surface area contributed by atoms with Crippen LogP contribution in [0.25, 0.3) is 0 Å². The molecule has 0 aromatic carbocycles. The summed E-state index contributed by atoms with van der Waals surface area (Å²) in [6, 6.07) is 0.298. The van der Waals surface area contributed by atoms with E-state index in [0.717, 1.165) is 50.8 Å². The molecule has 6 aliphatic rings. The van der Waals surface area contributed by atoms with E-state index in [2.05, 4.69) is 25.3 Å². The zero-order chi connectivity index (χ0) is 22.8. The maximum absolute atomic E-state index is 12.3. The molecule has 1 unspecified atom stereocenters. The van der Waals surface area contributed by atoms with Crippen LogP contribution in [-0.4, -0.2) is 59.4 Å². The Morgan fingerprint density at radius 3 is 2.56 bits per heavy atom. The van der Waals surface area contributed by atoms with Crippen molar-refractivity contribution in [2.75, 3.05) is 13.1 Å². The Morgan fingerprint density at radius 1 is 1.19 bits per heavy atom. The van der Waals surface area contributed by atoms with Gasteiger partial charge >= 0.3 is 11.9 Å². The molecule has 176 valence electrons. The topological polar surface area (TPSA) is 76.1 Å². The first-order valence-corrected chi connectivity index (χ1v) is 12.6. The number of hydrogen-bond donors (Lipinski definition) is 1. The Labute approximate surface area is 190 Å². The molecule has 1 aliphatic heterocycles. The van der Waals surface area contributed by atoms with E-state index in [1.165, 1.54) is 13.8 Å². The molecule has 6 nitrogen and oxygen atoms in total. The van der Waals surface area contributed by atoms with Gasteiger partial charge in [0.05, 0.1) is 6.10 Å². The van der Waals surface area contributed by atoms with Crippen LogP contribution < -0.4 is 0 Å². The van der Waals surface area contributed by atoms with Gasteiger partial charge < -0.3 is 14.6 Å². The molecule has 32 heavy (non-hydrogen) atoms. The Bertz CT molecular complexity index is 903. The lowest BCUT2D eigenvalue weighted by molar-refractivity contribution is -0.222. The quantitative estimate of drug-likeness (QED) is 0.534. The van der Waals surface area contributed by atoms with E-state index < -0.39 is 0 Å². The lowest BCUT2D eigenvalue weighted by Gasteiger charge is -2.65. The molecule has 1 saturated heterocycles. The summed E-state index contributed by atoms with van der Waals surface area (Å²) in [4.78, 5) is 26.9. The molecule has 6 heteroatoms. The molecule has 0 radical (unpaired) electrons. The highest BCUT2D eigenvalue weighted by Crippen LogP contribution is 2.83. The van der Waals surface area contributed by atoms with Gasteiger partial charge in [-0.25, -0.2) is 0 Å². The lowest BCUT2D eigenvalue weighted by atomic mass is 9.43. The van der Waals surface area contributed by atoms with E-state index in [4.69, 9.17) is 9.47 Å². The van der Waals surface area contributed by atoms with E-state index >= 15 is 0 Å². The minimum Gasteiger partial charge on any atom is -0.462 e. The SMILES string of the molecule is C=C1[C@@H](OC(C)=O)[C@]23C[C@@H]1[C@@H](OC(C)=O)C[C@H]2[C@@]12C4[C@H]3C[C@@H]1[C@@](C)(CC[C@H]2O)CN4CC. The number of rotatable bonds is 3. The van der Waals surface area contributed by atoms with Crippen LogP contribution in [0.4, 0.5) is 0 Å². The van der Waals surface area contributed by atoms with Gasteiger partial charge in [-0.1, -0.05) is 20.4 Å². The smallest absolute Gasteiger partial charge is 0.303 e. The standard InChI is InChI=1S/C26H37NO5/c1-6-27-12-24(5)8-7-21(30)26-19(24)9-17(22(26)27)25-11-16(13(2)23(25)32-15(4)29)18(10-20(25)26)31-14(3)28/h16-23,30H,2,6-12H2,1,3-5H3/t16-,17+,18-,19+,20+,21+,22?,23+,24-,25-,26-/m0/s1. The molecule has 0 aromatic heterocycles. The monoisotopic (exact) mass is 443 g/mol. The third-order valence-corrected chi connectivity index (χ3v) is 11.1. The van der Waals surface area contributed by atoms with Crippen molar-refractivity contribution in [2.45, 2.75) is 84.2 Å². The largest absolute Gasteiger partial charge is 0.462 e. The van der Waals surface area contributed by atoms with E-state index in [1.807, 2.05) is 0 Å². The highest BCUT2D eigenvalue weighted by molar-refractivity contribution is 5.67. The van der Waals surface area contributed by atoms with Gasteiger partial charge in [0.15, 0.2) is 0 Å². The molecule has 11 atom stereocenters. The number of nitrogens with zero attached hydrogens (tertiary/aromatic N) is 1. The van der Waals surface area contributed by atoms with Crippen molar-refractivity contribution in [2.24, 2.45) is 39.9 Å². The van der Waals surface area contributed by atoms with Crippen LogP contribution in [0.2, 0.25) is 0 Å². The molecular weight excluding hydrogens is 406 g/mol. The molecule has 1 N–H and O–H groups in total. The Morgan fingerprint density at radius 2 is 1.91 bits per heavy atom. The van der Waals surface area contributed by atoms with E-state index in [-0.39, 0.29) is 58.3 Å². The fourth-order valence-electron chi connectivity index (χ4n) is 10.6. The van der Waals surface area contributed by atoms with E-state index in [9.17, 15) is 14.7 Å². The number of carbonyl (C=O) groups is 2. The molecule has 1 heterocycles. The number of aliphatic hydroxyl groups is 1. The average Bonchev–Trinajstić information content (AvgIpc) is 3.25. The second-order valence-corrected chi connectivity index (χ2v) is 12.0. The maximum Gasteiger partial charge on any atom is 0.303 e. The fourth-order valence-corrected chi connectivity index (χ4v) is 10.6. The minimum atomic E-state index is -0.365. The molecule has 7 bridgehead atoms.